The number of alkyl halides is 2. The molecule has 6 rings (SSSR count). The molecule has 0 amide bonds. The number of halogens is 3. The number of hydrogen-bond acceptors (Lipinski definition) is 8. The lowest BCUT2D eigenvalue weighted by Crippen LogP contribution is -2.26. The number of aromatic nitrogens is 7. The molecule has 1 saturated carbocycles. The second-order valence-corrected chi connectivity index (χ2v) is 12.8. The largest absolute Gasteiger partial charge is 0.383 e. The minimum Gasteiger partial charge on any atom is -0.383 e. The number of nitrogens with zero attached hydrogens (tertiary/aromatic N) is 8. The third kappa shape index (κ3) is 5.94. The molecule has 45 heavy (non-hydrogen) atoms. The van der Waals surface area contributed by atoms with Gasteiger partial charge >= 0.3 is 0 Å². The van der Waals surface area contributed by atoms with E-state index in [0.717, 1.165) is 22.1 Å². The summed E-state index contributed by atoms with van der Waals surface area (Å²) in [6, 6.07) is 9.16. The summed E-state index contributed by atoms with van der Waals surface area (Å²) in [5.74, 6) is -1.11. The van der Waals surface area contributed by atoms with Gasteiger partial charge < -0.3 is 5.32 Å². The predicted molar refractivity (Wildman–Crippen MR) is 163 cm³/mol. The first kappa shape index (κ1) is 30.1. The van der Waals surface area contributed by atoms with Crippen molar-refractivity contribution in [2.45, 2.75) is 64.8 Å². The second kappa shape index (κ2) is 11.5. The summed E-state index contributed by atoms with van der Waals surface area (Å²) in [4.78, 5) is 17.1. The maximum absolute atomic E-state index is 14.1. The Labute approximate surface area is 258 Å². The number of pyridine rings is 2. The minimum absolute atomic E-state index is 0.0722. The molecule has 1 fully saturated rings. The molecule has 1 aliphatic rings. The van der Waals surface area contributed by atoms with Gasteiger partial charge in [-0.2, -0.15) is 9.65 Å². The zero-order valence-electron chi connectivity index (χ0n) is 25.4. The highest BCUT2D eigenvalue weighted by Crippen LogP contribution is 2.48. The van der Waals surface area contributed by atoms with E-state index in [1.807, 2.05) is 12.1 Å². The molecule has 0 bridgehead atoms. The van der Waals surface area contributed by atoms with Gasteiger partial charge in [0.05, 0.1) is 22.5 Å². The highest BCUT2D eigenvalue weighted by Gasteiger charge is 2.54. The van der Waals surface area contributed by atoms with Crippen LogP contribution in [-0.4, -0.2) is 47.9 Å². The monoisotopic (exact) mass is 611 g/mol. The Kier molecular flexibility index (Phi) is 7.72. The lowest BCUT2D eigenvalue weighted by molar-refractivity contribution is 0.0593. The van der Waals surface area contributed by atoms with Gasteiger partial charge in [-0.1, -0.05) is 32.1 Å². The molecule has 0 aliphatic heterocycles. The first-order valence-electron chi connectivity index (χ1n) is 14.7. The third-order valence-corrected chi connectivity index (χ3v) is 8.22. The minimum atomic E-state index is -2.57. The molecule has 1 aliphatic carbocycles. The van der Waals surface area contributed by atoms with E-state index < -0.39 is 23.8 Å². The van der Waals surface area contributed by atoms with E-state index in [4.69, 9.17) is 0 Å². The van der Waals surface area contributed by atoms with Crippen LogP contribution in [0.2, 0.25) is 0 Å². The van der Waals surface area contributed by atoms with Crippen LogP contribution in [-0.2, 0) is 12.0 Å². The molecule has 5 aromatic rings. The topological polar surface area (TPSA) is 118 Å². The molecule has 1 aromatic carbocycles. The van der Waals surface area contributed by atoms with E-state index in [0.29, 0.717) is 59.5 Å². The van der Waals surface area contributed by atoms with Crippen molar-refractivity contribution >= 4 is 16.6 Å². The van der Waals surface area contributed by atoms with E-state index in [9.17, 15) is 18.4 Å². The smallest absolute Gasteiger partial charge is 0.263 e. The van der Waals surface area contributed by atoms with Crippen LogP contribution in [0.1, 0.15) is 67.6 Å². The fraction of sp³-hybridized carbons (Fsp3) is 0.364. The van der Waals surface area contributed by atoms with E-state index in [-0.39, 0.29) is 5.41 Å². The van der Waals surface area contributed by atoms with Crippen LogP contribution in [0.25, 0.3) is 22.0 Å². The Morgan fingerprint density at radius 2 is 1.87 bits per heavy atom. The SMILES string of the molecule is Cc1nc(F)ccc1[C@H](Cc1cc(-c2cncnc2)c2ncc(C#N)c(NCC(C)(C)C)c2c1)c1cn(C2(C(F)F)CC2)nn1. The summed E-state index contributed by atoms with van der Waals surface area (Å²) in [6.45, 7) is 8.62. The van der Waals surface area contributed by atoms with E-state index in [1.54, 1.807) is 37.8 Å². The van der Waals surface area contributed by atoms with Crippen molar-refractivity contribution in [1.29, 1.82) is 5.26 Å². The fourth-order valence-corrected chi connectivity index (χ4v) is 5.62. The first-order chi connectivity index (χ1) is 21.5. The van der Waals surface area contributed by atoms with Crippen LogP contribution in [0.5, 0.6) is 0 Å². The molecule has 4 aromatic heterocycles. The number of nitrogens with one attached hydrogen (secondary N) is 1. The van der Waals surface area contributed by atoms with Crippen molar-refractivity contribution in [2.75, 3.05) is 11.9 Å². The molecule has 0 unspecified atom stereocenters. The number of aryl methyl sites for hydroxylation is 1. The molecule has 4 heterocycles. The first-order valence-corrected chi connectivity index (χ1v) is 14.7. The zero-order valence-corrected chi connectivity index (χ0v) is 25.4. The molecule has 9 nitrogen and oxygen atoms in total. The van der Waals surface area contributed by atoms with Crippen molar-refractivity contribution in [1.82, 2.24) is 34.9 Å². The summed E-state index contributed by atoms with van der Waals surface area (Å²) >= 11 is 0. The van der Waals surface area contributed by atoms with Crippen LogP contribution in [0, 0.1) is 29.6 Å². The van der Waals surface area contributed by atoms with Crippen LogP contribution >= 0.6 is 0 Å². The Morgan fingerprint density at radius 3 is 2.51 bits per heavy atom. The molecule has 12 heteroatoms. The van der Waals surface area contributed by atoms with Gasteiger partial charge in [0.1, 0.15) is 17.9 Å². The predicted octanol–water partition coefficient (Wildman–Crippen LogP) is 6.58. The summed E-state index contributed by atoms with van der Waals surface area (Å²) in [7, 11) is 0. The van der Waals surface area contributed by atoms with Crippen molar-refractivity contribution in [3.63, 3.8) is 0 Å². The van der Waals surface area contributed by atoms with E-state index in [1.165, 1.54) is 17.1 Å². The van der Waals surface area contributed by atoms with Crippen molar-refractivity contribution in [3.8, 4) is 17.2 Å². The van der Waals surface area contributed by atoms with Crippen molar-refractivity contribution in [3.05, 3.63) is 89.4 Å². The normalized spacial score (nSPS) is 14.8. The zero-order chi connectivity index (χ0) is 31.9. The average molecular weight is 612 g/mol. The van der Waals surface area contributed by atoms with Crippen LogP contribution in [0.3, 0.4) is 0 Å². The Hall–Kier alpha value is -4.92. The Balaban J connectivity index is 1.53. The highest BCUT2D eigenvalue weighted by molar-refractivity contribution is 6.02. The van der Waals surface area contributed by atoms with Gasteiger partial charge in [0.25, 0.3) is 6.43 Å². The summed E-state index contributed by atoms with van der Waals surface area (Å²) in [5.41, 5.74) is 4.28. The molecular weight excluding hydrogens is 579 g/mol. The van der Waals surface area contributed by atoms with Gasteiger partial charge in [-0.15, -0.1) is 5.10 Å². The second-order valence-electron chi connectivity index (χ2n) is 12.8. The molecular formula is C33H32F3N9. The Bertz CT molecular complexity index is 1910. The van der Waals surface area contributed by atoms with Gasteiger partial charge in [-0.25, -0.2) is 28.4 Å². The highest BCUT2D eigenvalue weighted by atomic mass is 19.3. The number of anilines is 1. The number of rotatable bonds is 9. The average Bonchev–Trinajstić information content (AvgIpc) is 3.68. The molecule has 230 valence electrons. The van der Waals surface area contributed by atoms with Crippen LogP contribution < -0.4 is 5.32 Å². The van der Waals surface area contributed by atoms with Gasteiger partial charge in [0.15, 0.2) is 0 Å². The van der Waals surface area contributed by atoms with Crippen molar-refractivity contribution < 1.29 is 13.2 Å². The molecule has 0 saturated heterocycles. The molecule has 0 radical (unpaired) electrons. The summed E-state index contributed by atoms with van der Waals surface area (Å²) < 4.78 is 43.3. The standard InChI is InChI=1S/C33H32F3N9/c1-19-23(5-6-28(34)42-19)25(27-16-45(44-43-27)33(7-8-33)31(35)36)10-20-9-24(22-13-38-18-39-14-22)30-26(11-20)29(21(12-37)15-40-30)41-17-32(2,3)4/h5-6,9,11,13-16,18,25,31H,7-8,10,17H2,1-4H3,(H,40,41)/t25-/m0/s1. The van der Waals surface area contributed by atoms with Crippen molar-refractivity contribution in [2.24, 2.45) is 5.41 Å². The third-order valence-electron chi connectivity index (χ3n) is 8.22. The molecule has 1 atom stereocenters. The van der Waals surface area contributed by atoms with Gasteiger partial charge in [-0.05, 0) is 60.9 Å². The number of nitriles is 1. The van der Waals surface area contributed by atoms with E-state index in [2.05, 4.69) is 62.4 Å². The maximum atomic E-state index is 14.1. The Morgan fingerprint density at radius 1 is 1.11 bits per heavy atom. The number of benzene rings is 1. The van der Waals surface area contributed by atoms with E-state index >= 15 is 0 Å². The molecule has 0 spiro atoms. The lowest BCUT2D eigenvalue weighted by atomic mass is 9.87. The quantitative estimate of drug-likeness (QED) is 0.186. The molecule has 1 N–H and O–H groups in total. The number of hydrogen-bond donors (Lipinski definition) is 1. The fourth-order valence-electron chi connectivity index (χ4n) is 5.62. The van der Waals surface area contributed by atoms with Gasteiger partial charge in [-0.3, -0.25) is 4.98 Å². The van der Waals surface area contributed by atoms with Crippen LogP contribution in [0.15, 0.2) is 55.4 Å². The van der Waals surface area contributed by atoms with Gasteiger partial charge in [0.2, 0.25) is 5.95 Å². The number of fused-ring (bicyclic) bond motifs is 1. The van der Waals surface area contributed by atoms with Gasteiger partial charge in [0, 0.05) is 59.5 Å². The summed E-state index contributed by atoms with van der Waals surface area (Å²) in [5, 5.41) is 22.7. The lowest BCUT2D eigenvalue weighted by Gasteiger charge is -2.22. The summed E-state index contributed by atoms with van der Waals surface area (Å²) in [6.07, 6.45) is 6.40. The maximum Gasteiger partial charge on any atom is 0.263 e. The van der Waals surface area contributed by atoms with Crippen LogP contribution in [0.4, 0.5) is 18.9 Å².